The molecule has 2 N–H and O–H groups in total. The van der Waals surface area contributed by atoms with Crippen molar-refractivity contribution in [1.82, 2.24) is 20.4 Å². The van der Waals surface area contributed by atoms with Crippen molar-refractivity contribution in [1.29, 1.82) is 0 Å². The Morgan fingerprint density at radius 3 is 2.69 bits per heavy atom. The van der Waals surface area contributed by atoms with Crippen molar-refractivity contribution >= 4 is 11.7 Å². The Labute approximate surface area is 170 Å². The smallest absolute Gasteiger partial charge is 0.240 e. The molecule has 1 aromatic heterocycles. The monoisotopic (exact) mass is 410 g/mol. The van der Waals surface area contributed by atoms with Crippen molar-refractivity contribution in [3.8, 4) is 0 Å². The van der Waals surface area contributed by atoms with E-state index < -0.39 is 23.5 Å². The van der Waals surface area contributed by atoms with Crippen LogP contribution in [0.2, 0.25) is 0 Å². The zero-order valence-electron chi connectivity index (χ0n) is 17.4. The molecule has 162 valence electrons. The molecule has 0 radical (unpaired) electrons. The molecule has 8 nitrogen and oxygen atoms in total. The van der Waals surface area contributed by atoms with E-state index in [2.05, 4.69) is 15.5 Å². The van der Waals surface area contributed by atoms with Crippen molar-refractivity contribution in [2.24, 2.45) is 0 Å². The molecule has 2 fully saturated rings. The van der Waals surface area contributed by atoms with Gasteiger partial charge in [0.05, 0.1) is 19.7 Å². The second-order valence-electron chi connectivity index (χ2n) is 8.92. The lowest BCUT2D eigenvalue weighted by Gasteiger charge is -2.30. The predicted molar refractivity (Wildman–Crippen MR) is 103 cm³/mol. The molecule has 29 heavy (non-hydrogen) atoms. The van der Waals surface area contributed by atoms with E-state index in [1.165, 1.54) is 4.90 Å². The average Bonchev–Trinajstić information content (AvgIpc) is 3.45. The van der Waals surface area contributed by atoms with Crippen molar-refractivity contribution < 1.29 is 23.6 Å². The number of nitrogens with one attached hydrogen (secondary N) is 1. The summed E-state index contributed by atoms with van der Waals surface area (Å²) in [6.45, 7) is 5.62. The predicted octanol–water partition coefficient (Wildman–Crippen LogP) is 1.77. The summed E-state index contributed by atoms with van der Waals surface area (Å²) in [5.41, 5.74) is -0.832. The van der Waals surface area contributed by atoms with Gasteiger partial charge in [0.15, 0.2) is 0 Å². The average molecular weight is 410 g/mol. The molecule has 2 aliphatic rings. The summed E-state index contributed by atoms with van der Waals surface area (Å²) < 4.78 is 19.4. The first-order valence-corrected chi connectivity index (χ1v) is 10.4. The lowest BCUT2D eigenvalue weighted by Crippen LogP contribution is -2.52. The van der Waals surface area contributed by atoms with Gasteiger partial charge in [0.2, 0.25) is 23.4 Å². The van der Waals surface area contributed by atoms with Crippen LogP contribution in [-0.4, -0.2) is 69.3 Å². The number of carbonyl (C=O) groups excluding carboxylic acids is 2. The molecule has 0 aromatic carbocycles. The standard InChI is InChI=1S/C20H31FN4O4/c1-4-19(2,3)18-23-17(24-29-18)16(28)14-9-13(21)11-25(14)15(27)10-22-20(12-26)7-5-6-8-20/h13-14,22,26H,4-12H2,1-3H3/t13-,14?/m0/s1. The largest absolute Gasteiger partial charge is 0.394 e. The van der Waals surface area contributed by atoms with Crippen LogP contribution in [0.25, 0.3) is 0 Å². The topological polar surface area (TPSA) is 109 Å². The van der Waals surface area contributed by atoms with Crippen LogP contribution in [0, 0.1) is 0 Å². The van der Waals surface area contributed by atoms with Crippen molar-refractivity contribution in [3.63, 3.8) is 0 Å². The Morgan fingerprint density at radius 2 is 2.07 bits per heavy atom. The molecular weight excluding hydrogens is 379 g/mol. The number of halogens is 1. The van der Waals surface area contributed by atoms with Crippen LogP contribution in [0.3, 0.4) is 0 Å². The minimum Gasteiger partial charge on any atom is -0.394 e. The van der Waals surface area contributed by atoms with E-state index in [0.717, 1.165) is 32.1 Å². The highest BCUT2D eigenvalue weighted by atomic mass is 19.1. The zero-order chi connectivity index (χ0) is 21.2. The van der Waals surface area contributed by atoms with Crippen molar-refractivity contribution in [2.75, 3.05) is 19.7 Å². The van der Waals surface area contributed by atoms with Crippen LogP contribution in [0.5, 0.6) is 0 Å². The number of aromatic nitrogens is 2. The van der Waals surface area contributed by atoms with E-state index in [-0.39, 0.29) is 43.3 Å². The second-order valence-corrected chi connectivity index (χ2v) is 8.92. The summed E-state index contributed by atoms with van der Waals surface area (Å²) in [5, 5.41) is 16.6. The van der Waals surface area contributed by atoms with Gasteiger partial charge in [0.25, 0.3) is 0 Å². The maximum Gasteiger partial charge on any atom is 0.240 e. The van der Waals surface area contributed by atoms with Gasteiger partial charge >= 0.3 is 0 Å². The first-order valence-electron chi connectivity index (χ1n) is 10.4. The maximum atomic E-state index is 14.1. The number of aliphatic hydroxyl groups excluding tert-OH is 1. The van der Waals surface area contributed by atoms with E-state index in [1.807, 2.05) is 20.8 Å². The lowest BCUT2D eigenvalue weighted by molar-refractivity contribution is -0.131. The fourth-order valence-electron chi connectivity index (χ4n) is 4.01. The van der Waals surface area contributed by atoms with Crippen molar-refractivity contribution in [3.05, 3.63) is 11.7 Å². The van der Waals surface area contributed by atoms with Gasteiger partial charge in [0.1, 0.15) is 12.2 Å². The number of rotatable bonds is 8. The van der Waals surface area contributed by atoms with Crippen LogP contribution in [0.4, 0.5) is 4.39 Å². The van der Waals surface area contributed by atoms with Gasteiger partial charge in [-0.2, -0.15) is 4.98 Å². The molecule has 1 aromatic rings. The number of ketones is 1. The number of alkyl halides is 1. The minimum absolute atomic E-state index is 0.0442. The number of amides is 1. The molecule has 2 heterocycles. The van der Waals surface area contributed by atoms with Gasteiger partial charge in [-0.3, -0.25) is 9.59 Å². The number of hydrogen-bond acceptors (Lipinski definition) is 7. The fourth-order valence-corrected chi connectivity index (χ4v) is 4.01. The van der Waals surface area contributed by atoms with Gasteiger partial charge < -0.3 is 19.8 Å². The van der Waals surface area contributed by atoms with Crippen LogP contribution in [-0.2, 0) is 10.2 Å². The van der Waals surface area contributed by atoms with Crippen LogP contribution in [0.1, 0.15) is 75.8 Å². The highest BCUT2D eigenvalue weighted by Gasteiger charge is 2.43. The van der Waals surface area contributed by atoms with E-state index in [4.69, 9.17) is 4.52 Å². The second kappa shape index (κ2) is 8.47. The van der Waals surface area contributed by atoms with Gasteiger partial charge in [-0.05, 0) is 19.3 Å². The van der Waals surface area contributed by atoms with E-state index in [1.54, 1.807) is 0 Å². The highest BCUT2D eigenvalue weighted by Crippen LogP contribution is 2.30. The first kappa shape index (κ1) is 21.8. The van der Waals surface area contributed by atoms with E-state index >= 15 is 0 Å². The molecule has 1 aliphatic heterocycles. The molecule has 0 bridgehead atoms. The number of nitrogens with zero attached hydrogens (tertiary/aromatic N) is 3. The van der Waals surface area contributed by atoms with Crippen LogP contribution >= 0.6 is 0 Å². The Morgan fingerprint density at radius 1 is 1.38 bits per heavy atom. The molecule has 1 amide bonds. The SMILES string of the molecule is CCC(C)(C)c1nc(C(=O)C2C[C@H](F)CN2C(=O)CNC2(CO)CCCC2)no1. The highest BCUT2D eigenvalue weighted by molar-refractivity contribution is 5.99. The molecule has 2 atom stereocenters. The summed E-state index contributed by atoms with van der Waals surface area (Å²) in [5.74, 6) is -0.628. The summed E-state index contributed by atoms with van der Waals surface area (Å²) in [6, 6.07) is -0.942. The molecule has 1 aliphatic carbocycles. The zero-order valence-corrected chi connectivity index (χ0v) is 17.4. The van der Waals surface area contributed by atoms with Crippen LogP contribution < -0.4 is 5.32 Å². The minimum atomic E-state index is -1.27. The maximum absolute atomic E-state index is 14.1. The summed E-state index contributed by atoms with van der Waals surface area (Å²) in [7, 11) is 0. The Bertz CT molecular complexity index is 745. The first-order chi connectivity index (χ1) is 13.7. The number of hydrogen-bond donors (Lipinski definition) is 2. The summed E-state index contributed by atoms with van der Waals surface area (Å²) in [4.78, 5) is 31.1. The molecule has 3 rings (SSSR count). The molecule has 1 unspecified atom stereocenters. The van der Waals surface area contributed by atoms with Gasteiger partial charge in [-0.15, -0.1) is 0 Å². The summed E-state index contributed by atoms with van der Waals surface area (Å²) in [6.07, 6.45) is 2.98. The lowest BCUT2D eigenvalue weighted by atomic mass is 9.90. The molecule has 9 heteroatoms. The normalized spacial score (nSPS) is 24.2. The Balaban J connectivity index is 1.69. The molecule has 0 spiro atoms. The number of Topliss-reactive ketones (excluding diaryl/α,β-unsaturated/α-hetero) is 1. The van der Waals surface area contributed by atoms with E-state index in [0.29, 0.717) is 5.89 Å². The Hall–Kier alpha value is -1.87. The number of likely N-dealkylation sites (tertiary alicyclic amines) is 1. The molecule has 1 saturated carbocycles. The molecular formula is C20H31FN4O4. The van der Waals surface area contributed by atoms with Gasteiger partial charge in [0, 0.05) is 17.4 Å². The van der Waals surface area contributed by atoms with Crippen LogP contribution in [0.15, 0.2) is 4.52 Å². The third-order valence-electron chi connectivity index (χ3n) is 6.46. The quantitative estimate of drug-likeness (QED) is 0.629. The number of carbonyl (C=O) groups is 2. The van der Waals surface area contributed by atoms with Gasteiger partial charge in [-0.25, -0.2) is 4.39 Å². The summed E-state index contributed by atoms with van der Waals surface area (Å²) >= 11 is 0. The third kappa shape index (κ3) is 4.50. The molecule has 1 saturated heterocycles. The van der Waals surface area contributed by atoms with Gasteiger partial charge in [-0.1, -0.05) is 38.8 Å². The van der Waals surface area contributed by atoms with E-state index in [9.17, 15) is 19.1 Å². The third-order valence-corrected chi connectivity index (χ3v) is 6.46. The fraction of sp³-hybridized carbons (Fsp3) is 0.800. The van der Waals surface area contributed by atoms with Crippen molar-refractivity contribution in [2.45, 2.75) is 82.5 Å². The Kier molecular flexibility index (Phi) is 6.38. The number of aliphatic hydroxyl groups is 1.